The molecule has 0 spiro atoms. The maximum atomic E-state index is 10.0. The predicted molar refractivity (Wildman–Crippen MR) is 45.8 cm³/mol. The van der Waals surface area contributed by atoms with Crippen LogP contribution in [-0.2, 0) is 0 Å². The molecule has 0 aromatic heterocycles. The highest BCUT2D eigenvalue weighted by Gasteiger charge is 2.47. The predicted octanol–water partition coefficient (Wildman–Crippen LogP) is -0.0336. The Labute approximate surface area is 73.0 Å². The molecule has 0 amide bonds. The van der Waals surface area contributed by atoms with Crippen molar-refractivity contribution in [3.05, 3.63) is 0 Å². The zero-order valence-electron chi connectivity index (χ0n) is 7.53. The molecule has 70 valence electrons. The van der Waals surface area contributed by atoms with Crippen LogP contribution in [0.25, 0.3) is 0 Å². The summed E-state index contributed by atoms with van der Waals surface area (Å²) in [5.74, 6) is 0. The van der Waals surface area contributed by atoms with Crippen LogP contribution >= 0.6 is 0 Å². The molecule has 2 saturated heterocycles. The van der Waals surface area contributed by atoms with Gasteiger partial charge in [-0.2, -0.15) is 0 Å². The average Bonchev–Trinajstić information content (AvgIpc) is 2.46. The van der Waals surface area contributed by atoms with Gasteiger partial charge in [0.15, 0.2) is 0 Å². The van der Waals surface area contributed by atoms with Crippen molar-refractivity contribution in [3.8, 4) is 0 Å². The summed E-state index contributed by atoms with van der Waals surface area (Å²) in [4.78, 5) is 2.30. The van der Waals surface area contributed by atoms with E-state index >= 15 is 0 Å². The van der Waals surface area contributed by atoms with Crippen LogP contribution in [-0.4, -0.2) is 45.9 Å². The molecule has 2 aliphatic rings. The van der Waals surface area contributed by atoms with Crippen LogP contribution in [0.5, 0.6) is 0 Å². The number of nitrogens with zero attached hydrogens (tertiary/aromatic N) is 1. The van der Waals surface area contributed by atoms with Crippen LogP contribution in [0, 0.1) is 0 Å². The summed E-state index contributed by atoms with van der Waals surface area (Å²) < 4.78 is 0. The summed E-state index contributed by atoms with van der Waals surface area (Å²) in [5.41, 5.74) is -0.880. The summed E-state index contributed by atoms with van der Waals surface area (Å²) in [6, 6.07) is 0.196. The van der Waals surface area contributed by atoms with Gasteiger partial charge in [-0.15, -0.1) is 0 Å². The first-order valence-corrected chi connectivity index (χ1v) is 4.77. The van der Waals surface area contributed by atoms with Crippen molar-refractivity contribution in [2.24, 2.45) is 0 Å². The molecule has 2 aliphatic heterocycles. The number of aliphatic hydroxyl groups excluding tert-OH is 1. The fraction of sp³-hybridized carbons (Fsp3) is 1.00. The Morgan fingerprint density at radius 2 is 2.08 bits per heavy atom. The molecule has 3 heteroatoms. The zero-order valence-corrected chi connectivity index (χ0v) is 7.53. The standard InChI is InChI=1S/C9H17NO2/c1-9(12)7-3-2-5-10(7)6-4-8(9)11/h7-8,11-12H,2-6H2,1H3/t7-,8+,9+/m0/s1. The molecule has 12 heavy (non-hydrogen) atoms. The van der Waals surface area contributed by atoms with Crippen molar-refractivity contribution in [2.75, 3.05) is 13.1 Å². The molecule has 2 rings (SSSR count). The lowest BCUT2D eigenvalue weighted by Gasteiger charge is -2.44. The molecular formula is C9H17NO2. The lowest BCUT2D eigenvalue weighted by atomic mass is 9.84. The minimum absolute atomic E-state index is 0.196. The Bertz CT molecular complexity index is 181. The van der Waals surface area contributed by atoms with Crippen LogP contribution in [0.4, 0.5) is 0 Å². The van der Waals surface area contributed by atoms with Gasteiger partial charge in [-0.3, -0.25) is 4.90 Å². The normalized spacial score (nSPS) is 49.2. The quantitative estimate of drug-likeness (QED) is 0.538. The maximum absolute atomic E-state index is 10.0. The van der Waals surface area contributed by atoms with Crippen molar-refractivity contribution in [3.63, 3.8) is 0 Å². The van der Waals surface area contributed by atoms with Gasteiger partial charge >= 0.3 is 0 Å². The highest BCUT2D eigenvalue weighted by Crippen LogP contribution is 2.34. The van der Waals surface area contributed by atoms with Crippen molar-refractivity contribution >= 4 is 0 Å². The van der Waals surface area contributed by atoms with E-state index in [0.717, 1.165) is 25.9 Å². The molecule has 0 aliphatic carbocycles. The minimum Gasteiger partial charge on any atom is -0.390 e. The maximum Gasteiger partial charge on any atom is 0.103 e. The lowest BCUT2D eigenvalue weighted by molar-refractivity contribution is -0.134. The third-order valence-corrected chi connectivity index (χ3v) is 3.40. The zero-order chi connectivity index (χ0) is 8.77. The Hall–Kier alpha value is -0.120. The molecule has 0 aromatic rings. The van der Waals surface area contributed by atoms with Gasteiger partial charge in [-0.25, -0.2) is 0 Å². The number of fused-ring (bicyclic) bond motifs is 1. The second kappa shape index (κ2) is 2.69. The van der Waals surface area contributed by atoms with Gasteiger partial charge < -0.3 is 10.2 Å². The molecule has 0 bridgehead atoms. The third kappa shape index (κ3) is 1.08. The molecule has 2 fully saturated rings. The van der Waals surface area contributed by atoms with E-state index in [0.29, 0.717) is 6.42 Å². The van der Waals surface area contributed by atoms with E-state index in [2.05, 4.69) is 4.90 Å². The third-order valence-electron chi connectivity index (χ3n) is 3.40. The molecule has 0 unspecified atom stereocenters. The minimum atomic E-state index is -0.880. The lowest BCUT2D eigenvalue weighted by Crippen LogP contribution is -2.59. The monoisotopic (exact) mass is 171 g/mol. The van der Waals surface area contributed by atoms with Crippen LogP contribution in [0.3, 0.4) is 0 Å². The Morgan fingerprint density at radius 3 is 2.83 bits per heavy atom. The molecule has 3 nitrogen and oxygen atoms in total. The van der Waals surface area contributed by atoms with Crippen molar-refractivity contribution < 1.29 is 10.2 Å². The molecule has 0 saturated carbocycles. The second-order valence-electron chi connectivity index (χ2n) is 4.22. The van der Waals surface area contributed by atoms with Gasteiger partial charge in [0.25, 0.3) is 0 Å². The Kier molecular flexibility index (Phi) is 1.90. The fourth-order valence-corrected chi connectivity index (χ4v) is 2.56. The van der Waals surface area contributed by atoms with E-state index in [1.54, 1.807) is 6.92 Å². The van der Waals surface area contributed by atoms with Gasteiger partial charge in [0, 0.05) is 12.6 Å². The number of hydrogen-bond donors (Lipinski definition) is 2. The fourth-order valence-electron chi connectivity index (χ4n) is 2.56. The van der Waals surface area contributed by atoms with Crippen LogP contribution in [0.1, 0.15) is 26.2 Å². The first-order chi connectivity index (χ1) is 5.62. The Balaban J connectivity index is 2.18. The van der Waals surface area contributed by atoms with Gasteiger partial charge in [0.2, 0.25) is 0 Å². The number of aliphatic hydroxyl groups is 2. The van der Waals surface area contributed by atoms with Gasteiger partial charge in [-0.05, 0) is 32.7 Å². The van der Waals surface area contributed by atoms with E-state index in [4.69, 9.17) is 0 Å². The largest absolute Gasteiger partial charge is 0.390 e. The van der Waals surface area contributed by atoms with Gasteiger partial charge in [0.1, 0.15) is 5.60 Å². The summed E-state index contributed by atoms with van der Waals surface area (Å²) >= 11 is 0. The van der Waals surface area contributed by atoms with Crippen LogP contribution in [0.2, 0.25) is 0 Å². The first kappa shape index (κ1) is 8.48. The van der Waals surface area contributed by atoms with Crippen molar-refractivity contribution in [1.29, 1.82) is 0 Å². The SMILES string of the molecule is C[C@]1(O)[C@H](O)CCN2CCC[C@H]21. The first-order valence-electron chi connectivity index (χ1n) is 4.77. The van der Waals surface area contributed by atoms with Crippen LogP contribution in [0.15, 0.2) is 0 Å². The highest BCUT2D eigenvalue weighted by molar-refractivity contribution is 5.01. The van der Waals surface area contributed by atoms with E-state index in [1.807, 2.05) is 0 Å². The average molecular weight is 171 g/mol. The van der Waals surface area contributed by atoms with E-state index in [1.165, 1.54) is 0 Å². The Morgan fingerprint density at radius 1 is 1.33 bits per heavy atom. The number of rotatable bonds is 0. The topological polar surface area (TPSA) is 43.7 Å². The number of hydrogen-bond acceptors (Lipinski definition) is 3. The molecular weight excluding hydrogens is 154 g/mol. The molecule has 3 atom stereocenters. The van der Waals surface area contributed by atoms with E-state index < -0.39 is 11.7 Å². The molecule has 0 radical (unpaired) electrons. The number of piperidine rings is 1. The summed E-state index contributed by atoms with van der Waals surface area (Å²) in [5, 5.41) is 19.6. The molecule has 0 aromatic carbocycles. The summed E-state index contributed by atoms with van der Waals surface area (Å²) in [6.45, 7) is 3.80. The van der Waals surface area contributed by atoms with Crippen molar-refractivity contribution in [2.45, 2.75) is 43.9 Å². The molecule has 2 N–H and O–H groups in total. The smallest absolute Gasteiger partial charge is 0.103 e. The summed E-state index contributed by atoms with van der Waals surface area (Å²) in [6.07, 6.45) is 2.37. The second-order valence-corrected chi connectivity index (χ2v) is 4.22. The van der Waals surface area contributed by atoms with E-state index in [-0.39, 0.29) is 6.04 Å². The summed E-state index contributed by atoms with van der Waals surface area (Å²) in [7, 11) is 0. The molecule has 2 heterocycles. The van der Waals surface area contributed by atoms with Gasteiger partial charge in [-0.1, -0.05) is 0 Å². The van der Waals surface area contributed by atoms with Crippen molar-refractivity contribution in [1.82, 2.24) is 4.90 Å². The highest BCUT2D eigenvalue weighted by atomic mass is 16.3. The van der Waals surface area contributed by atoms with Crippen LogP contribution < -0.4 is 0 Å². The van der Waals surface area contributed by atoms with E-state index in [9.17, 15) is 10.2 Å². The van der Waals surface area contributed by atoms with Gasteiger partial charge in [0.05, 0.1) is 6.10 Å².